The first kappa shape index (κ1) is 7.88. The largest absolute Gasteiger partial charge is 0.389 e. The maximum atomic E-state index is 10.4. The van der Waals surface area contributed by atoms with Crippen molar-refractivity contribution < 1.29 is 9.90 Å². The highest BCUT2D eigenvalue weighted by atomic mass is 16.3. The number of carbonyl (C=O) groups is 1. The topological polar surface area (TPSA) is 50.2 Å². The Morgan fingerprint density at radius 2 is 2.45 bits per heavy atom. The molecule has 3 heteroatoms. The molecule has 11 heavy (non-hydrogen) atoms. The second-order valence-electron chi connectivity index (χ2n) is 2.27. The van der Waals surface area contributed by atoms with Gasteiger partial charge in [0.05, 0.1) is 6.10 Å². The lowest BCUT2D eigenvalue weighted by Gasteiger charge is -2.04. The summed E-state index contributed by atoms with van der Waals surface area (Å²) in [6.07, 6.45) is 1.53. The molecule has 1 atom stereocenters. The molecule has 0 amide bonds. The summed E-state index contributed by atoms with van der Waals surface area (Å²) in [6, 6.07) is 3.37. The van der Waals surface area contributed by atoms with Gasteiger partial charge in [0, 0.05) is 11.8 Å². The van der Waals surface area contributed by atoms with Gasteiger partial charge in [0.15, 0.2) is 6.29 Å². The molecule has 0 aromatic carbocycles. The van der Waals surface area contributed by atoms with E-state index in [9.17, 15) is 4.79 Å². The van der Waals surface area contributed by atoms with E-state index in [-0.39, 0.29) is 0 Å². The molecule has 0 radical (unpaired) electrons. The molecule has 0 aliphatic rings. The third kappa shape index (κ3) is 1.62. The lowest BCUT2D eigenvalue weighted by molar-refractivity contribution is 0.111. The van der Waals surface area contributed by atoms with E-state index in [4.69, 9.17) is 5.11 Å². The van der Waals surface area contributed by atoms with Crippen molar-refractivity contribution in [1.29, 1.82) is 0 Å². The van der Waals surface area contributed by atoms with Crippen LogP contribution >= 0.6 is 0 Å². The molecule has 1 N–H and O–H groups in total. The highest BCUT2D eigenvalue weighted by Crippen LogP contribution is 2.12. The summed E-state index contributed by atoms with van der Waals surface area (Å²) in [5.41, 5.74) is 0.880. The van der Waals surface area contributed by atoms with Gasteiger partial charge in [-0.05, 0) is 13.0 Å². The number of aliphatic hydroxyl groups is 1. The number of aldehydes is 1. The van der Waals surface area contributed by atoms with Gasteiger partial charge in [0.1, 0.15) is 5.69 Å². The van der Waals surface area contributed by atoms with E-state index in [1.807, 2.05) is 0 Å². The summed E-state index contributed by atoms with van der Waals surface area (Å²) in [5.74, 6) is 0. The number of pyridine rings is 1. The van der Waals surface area contributed by atoms with Crippen LogP contribution in [0.5, 0.6) is 0 Å². The van der Waals surface area contributed by atoms with E-state index in [1.165, 1.54) is 6.20 Å². The minimum absolute atomic E-state index is 0.308. The molecule has 3 nitrogen and oxygen atoms in total. The van der Waals surface area contributed by atoms with Crippen LogP contribution in [0.1, 0.15) is 29.1 Å². The monoisotopic (exact) mass is 151 g/mol. The minimum Gasteiger partial charge on any atom is -0.389 e. The summed E-state index contributed by atoms with van der Waals surface area (Å²) >= 11 is 0. The molecule has 1 heterocycles. The zero-order valence-corrected chi connectivity index (χ0v) is 6.19. The van der Waals surface area contributed by atoms with E-state index in [0.717, 1.165) is 0 Å². The van der Waals surface area contributed by atoms with Crippen molar-refractivity contribution in [1.82, 2.24) is 4.98 Å². The summed E-state index contributed by atoms with van der Waals surface area (Å²) < 4.78 is 0. The van der Waals surface area contributed by atoms with Gasteiger partial charge in [-0.25, -0.2) is 0 Å². The maximum absolute atomic E-state index is 10.4. The summed E-state index contributed by atoms with van der Waals surface area (Å²) in [4.78, 5) is 14.1. The Hall–Kier alpha value is -1.22. The van der Waals surface area contributed by atoms with Crippen LogP contribution < -0.4 is 0 Å². The van der Waals surface area contributed by atoms with Gasteiger partial charge in [0.2, 0.25) is 0 Å². The predicted molar refractivity (Wildman–Crippen MR) is 40.3 cm³/mol. The first-order chi connectivity index (χ1) is 5.25. The number of rotatable bonds is 2. The first-order valence-corrected chi connectivity index (χ1v) is 3.34. The second kappa shape index (κ2) is 3.25. The van der Waals surface area contributed by atoms with Gasteiger partial charge >= 0.3 is 0 Å². The van der Waals surface area contributed by atoms with Crippen LogP contribution in [0.2, 0.25) is 0 Å². The maximum Gasteiger partial charge on any atom is 0.168 e. The second-order valence-corrected chi connectivity index (χ2v) is 2.27. The van der Waals surface area contributed by atoms with Gasteiger partial charge in [-0.15, -0.1) is 0 Å². The number of aliphatic hydroxyl groups excluding tert-OH is 1. The fourth-order valence-corrected chi connectivity index (χ4v) is 0.882. The Bertz CT molecular complexity index is 258. The van der Waals surface area contributed by atoms with Gasteiger partial charge in [0.25, 0.3) is 0 Å². The van der Waals surface area contributed by atoms with Gasteiger partial charge in [-0.3, -0.25) is 9.78 Å². The zero-order valence-electron chi connectivity index (χ0n) is 6.19. The predicted octanol–water partition coefficient (Wildman–Crippen LogP) is 0.947. The summed E-state index contributed by atoms with van der Waals surface area (Å²) in [6.45, 7) is 1.60. The van der Waals surface area contributed by atoms with Gasteiger partial charge in [-0.2, -0.15) is 0 Å². The number of hydrogen-bond acceptors (Lipinski definition) is 3. The molecule has 1 aromatic heterocycles. The molecule has 0 spiro atoms. The van der Waals surface area contributed by atoms with E-state index >= 15 is 0 Å². The van der Waals surface area contributed by atoms with Crippen molar-refractivity contribution in [2.75, 3.05) is 0 Å². The lowest BCUT2D eigenvalue weighted by Crippen LogP contribution is -1.99. The minimum atomic E-state index is -0.635. The molecule has 1 unspecified atom stereocenters. The summed E-state index contributed by atoms with van der Waals surface area (Å²) in [7, 11) is 0. The Morgan fingerprint density at radius 1 is 1.73 bits per heavy atom. The van der Waals surface area contributed by atoms with Crippen molar-refractivity contribution in [3.05, 3.63) is 29.6 Å². The smallest absolute Gasteiger partial charge is 0.168 e. The quantitative estimate of drug-likeness (QED) is 0.640. The standard InChI is InChI=1S/C8H9NO2/c1-6(11)7-3-2-4-9-8(7)5-10/h2-6,11H,1H3. The first-order valence-electron chi connectivity index (χ1n) is 3.34. The number of aromatic nitrogens is 1. The number of carbonyl (C=O) groups excluding carboxylic acids is 1. The SMILES string of the molecule is CC(O)c1cccnc1C=O. The fraction of sp³-hybridized carbons (Fsp3) is 0.250. The molecule has 58 valence electrons. The molecular formula is C8H9NO2. The van der Waals surface area contributed by atoms with Crippen LogP contribution in [0.15, 0.2) is 18.3 Å². The molecule has 0 saturated heterocycles. The van der Waals surface area contributed by atoms with Gasteiger partial charge in [-0.1, -0.05) is 6.07 Å². The number of nitrogens with zero attached hydrogens (tertiary/aromatic N) is 1. The number of hydrogen-bond donors (Lipinski definition) is 1. The highest BCUT2D eigenvalue weighted by Gasteiger charge is 2.05. The van der Waals surface area contributed by atoms with Crippen LogP contribution in [0, 0.1) is 0 Å². The van der Waals surface area contributed by atoms with E-state index in [2.05, 4.69) is 4.98 Å². The molecule has 0 bridgehead atoms. The Labute approximate surface area is 64.7 Å². The molecule has 0 saturated carbocycles. The fourth-order valence-electron chi connectivity index (χ4n) is 0.882. The van der Waals surface area contributed by atoms with Crippen molar-refractivity contribution in [2.45, 2.75) is 13.0 Å². The average molecular weight is 151 g/mol. The van der Waals surface area contributed by atoms with Gasteiger partial charge < -0.3 is 5.11 Å². The zero-order chi connectivity index (χ0) is 8.27. The van der Waals surface area contributed by atoms with Crippen LogP contribution in [0.25, 0.3) is 0 Å². The van der Waals surface area contributed by atoms with E-state index < -0.39 is 6.10 Å². The lowest BCUT2D eigenvalue weighted by atomic mass is 10.1. The molecule has 0 aliphatic heterocycles. The van der Waals surface area contributed by atoms with E-state index in [1.54, 1.807) is 19.1 Å². The molecule has 0 aliphatic carbocycles. The third-order valence-corrected chi connectivity index (χ3v) is 1.43. The molecular weight excluding hydrogens is 142 g/mol. The Balaban J connectivity index is 3.12. The highest BCUT2D eigenvalue weighted by molar-refractivity contribution is 5.74. The van der Waals surface area contributed by atoms with Crippen molar-refractivity contribution in [3.63, 3.8) is 0 Å². The van der Waals surface area contributed by atoms with Crippen molar-refractivity contribution in [2.24, 2.45) is 0 Å². The summed E-state index contributed by atoms with van der Waals surface area (Å²) in [5, 5.41) is 9.14. The van der Waals surface area contributed by atoms with E-state index in [0.29, 0.717) is 17.5 Å². The average Bonchev–Trinajstić information content (AvgIpc) is 2.04. The van der Waals surface area contributed by atoms with Crippen LogP contribution in [-0.4, -0.2) is 16.4 Å². The van der Waals surface area contributed by atoms with Crippen LogP contribution in [0.3, 0.4) is 0 Å². The van der Waals surface area contributed by atoms with Crippen molar-refractivity contribution >= 4 is 6.29 Å². The normalized spacial score (nSPS) is 12.5. The Kier molecular flexibility index (Phi) is 2.33. The van der Waals surface area contributed by atoms with Crippen LogP contribution in [0.4, 0.5) is 0 Å². The van der Waals surface area contributed by atoms with Crippen molar-refractivity contribution in [3.8, 4) is 0 Å². The molecule has 0 fully saturated rings. The molecule has 1 aromatic rings. The molecule has 1 rings (SSSR count). The Morgan fingerprint density at radius 3 is 2.91 bits per heavy atom. The third-order valence-electron chi connectivity index (χ3n) is 1.43. The van der Waals surface area contributed by atoms with Crippen LogP contribution in [-0.2, 0) is 0 Å².